The lowest BCUT2D eigenvalue weighted by Gasteiger charge is -2.32. The lowest BCUT2D eigenvalue weighted by Crippen LogP contribution is -2.38. The summed E-state index contributed by atoms with van der Waals surface area (Å²) in [7, 11) is 0. The van der Waals surface area contributed by atoms with E-state index in [1.807, 2.05) is 12.1 Å². The molecule has 138 valence electrons. The third kappa shape index (κ3) is 5.40. The fourth-order valence-corrected chi connectivity index (χ4v) is 3.65. The minimum Gasteiger partial charge on any atom is -0.356 e. The Bertz CT molecular complexity index is 713. The van der Waals surface area contributed by atoms with Crippen molar-refractivity contribution < 1.29 is 4.79 Å². The molecule has 3 heterocycles. The van der Waals surface area contributed by atoms with Crippen LogP contribution in [0.5, 0.6) is 0 Å². The molecule has 1 saturated heterocycles. The maximum atomic E-state index is 12.1. The van der Waals surface area contributed by atoms with Crippen LogP contribution in [-0.2, 0) is 17.8 Å². The van der Waals surface area contributed by atoms with E-state index in [1.54, 1.807) is 24.8 Å². The molecule has 0 aromatic carbocycles. The first-order valence-electron chi connectivity index (χ1n) is 8.77. The van der Waals surface area contributed by atoms with E-state index in [0.717, 1.165) is 50.1 Å². The molecule has 0 aliphatic carbocycles. The summed E-state index contributed by atoms with van der Waals surface area (Å²) in [4.78, 5) is 22.4. The number of rotatable bonds is 6. The highest BCUT2D eigenvalue weighted by atomic mass is 35.5. The number of likely N-dealkylation sites (tertiary alicyclic amines) is 1. The van der Waals surface area contributed by atoms with Crippen molar-refractivity contribution in [1.29, 1.82) is 0 Å². The van der Waals surface area contributed by atoms with Crippen LogP contribution in [0, 0.1) is 5.92 Å². The van der Waals surface area contributed by atoms with E-state index >= 15 is 0 Å². The molecule has 0 unspecified atom stereocenters. The normalized spacial score (nSPS) is 15.8. The van der Waals surface area contributed by atoms with Crippen LogP contribution in [0.4, 0.5) is 0 Å². The second-order valence-corrected chi connectivity index (χ2v) is 7.46. The summed E-state index contributed by atoms with van der Waals surface area (Å²) in [6.07, 6.45) is 9.18. The smallest absolute Gasteiger partial charge is 0.224 e. The van der Waals surface area contributed by atoms with Gasteiger partial charge < -0.3 is 5.32 Å². The molecule has 2 aromatic heterocycles. The van der Waals surface area contributed by atoms with Crippen LogP contribution in [0.1, 0.15) is 24.0 Å². The largest absolute Gasteiger partial charge is 0.356 e. The average Bonchev–Trinajstić information content (AvgIpc) is 2.65. The number of hydrogen-bond donors (Lipinski definition) is 1. The quantitative estimate of drug-likeness (QED) is 0.818. The van der Waals surface area contributed by atoms with Crippen LogP contribution in [-0.4, -0.2) is 40.4 Å². The number of hydrogen-bond acceptors (Lipinski definition) is 4. The molecule has 7 heteroatoms. The van der Waals surface area contributed by atoms with Gasteiger partial charge in [0.15, 0.2) is 0 Å². The minimum atomic E-state index is 0.0516. The molecule has 3 rings (SSSR count). The van der Waals surface area contributed by atoms with Gasteiger partial charge in [-0.25, -0.2) is 0 Å². The number of nitrogens with zero attached hydrogens (tertiary/aromatic N) is 3. The van der Waals surface area contributed by atoms with E-state index < -0.39 is 0 Å². The molecule has 0 saturated carbocycles. The zero-order chi connectivity index (χ0) is 18.4. The van der Waals surface area contributed by atoms with Crippen LogP contribution in [0.3, 0.4) is 0 Å². The summed E-state index contributed by atoms with van der Waals surface area (Å²) in [6.45, 7) is 3.40. The Morgan fingerprint density at radius 1 is 1.15 bits per heavy atom. The summed E-state index contributed by atoms with van der Waals surface area (Å²) in [5, 5.41) is 4.27. The summed E-state index contributed by atoms with van der Waals surface area (Å²) >= 11 is 12.4. The first-order valence-corrected chi connectivity index (χ1v) is 9.53. The Labute approximate surface area is 163 Å². The van der Waals surface area contributed by atoms with Gasteiger partial charge in [-0.1, -0.05) is 29.3 Å². The average molecular weight is 393 g/mol. The Hall–Kier alpha value is -1.69. The van der Waals surface area contributed by atoms with E-state index in [0.29, 0.717) is 22.4 Å². The van der Waals surface area contributed by atoms with Gasteiger partial charge in [0.1, 0.15) is 0 Å². The Balaban J connectivity index is 1.40. The third-order valence-corrected chi connectivity index (χ3v) is 5.37. The van der Waals surface area contributed by atoms with Crippen LogP contribution in [0.25, 0.3) is 0 Å². The van der Waals surface area contributed by atoms with Crippen LogP contribution < -0.4 is 5.32 Å². The summed E-state index contributed by atoms with van der Waals surface area (Å²) in [5.74, 6) is 0.559. The van der Waals surface area contributed by atoms with Crippen LogP contribution in [0.15, 0.2) is 36.9 Å². The summed E-state index contributed by atoms with van der Waals surface area (Å²) in [6, 6.07) is 3.76. The fraction of sp³-hybridized carbons (Fsp3) is 0.421. The molecule has 1 N–H and O–H groups in total. The Kier molecular flexibility index (Phi) is 6.83. The minimum absolute atomic E-state index is 0.0516. The van der Waals surface area contributed by atoms with Gasteiger partial charge >= 0.3 is 0 Å². The van der Waals surface area contributed by atoms with Gasteiger partial charge in [-0.2, -0.15) is 0 Å². The molecule has 0 spiro atoms. The molecule has 0 atom stereocenters. The number of piperidine rings is 1. The van der Waals surface area contributed by atoms with E-state index in [4.69, 9.17) is 23.2 Å². The molecular weight excluding hydrogens is 371 g/mol. The molecule has 1 fully saturated rings. The van der Waals surface area contributed by atoms with Crippen molar-refractivity contribution in [3.8, 4) is 0 Å². The number of halogens is 2. The monoisotopic (exact) mass is 392 g/mol. The van der Waals surface area contributed by atoms with Crippen molar-refractivity contribution in [2.24, 2.45) is 5.92 Å². The van der Waals surface area contributed by atoms with Crippen molar-refractivity contribution in [1.82, 2.24) is 20.2 Å². The van der Waals surface area contributed by atoms with Crippen molar-refractivity contribution in [2.45, 2.75) is 25.8 Å². The molecule has 1 aliphatic rings. The number of carbonyl (C=O) groups excluding carboxylic acids is 1. The lowest BCUT2D eigenvalue weighted by molar-refractivity contribution is -0.120. The molecule has 2 aromatic rings. The van der Waals surface area contributed by atoms with Gasteiger partial charge in [0.2, 0.25) is 5.91 Å². The van der Waals surface area contributed by atoms with Crippen molar-refractivity contribution >= 4 is 29.1 Å². The first kappa shape index (κ1) is 19.1. The number of pyridine rings is 2. The first-order chi connectivity index (χ1) is 12.6. The van der Waals surface area contributed by atoms with Crippen molar-refractivity contribution in [3.05, 3.63) is 58.1 Å². The van der Waals surface area contributed by atoms with Gasteiger partial charge in [-0.3, -0.25) is 19.7 Å². The number of nitrogens with one attached hydrogen (secondary N) is 1. The SMILES string of the molecule is O=C(Cc1cccnc1)NCC1CCN(Cc2c(Cl)cncc2Cl)CC1. The standard InChI is InChI=1S/C19H22Cl2N4O/c20-17-11-23-12-18(21)16(17)13-25-6-3-14(4-7-25)10-24-19(26)8-15-2-1-5-22-9-15/h1-2,5,9,11-12,14H,3-4,6-8,10,13H2,(H,24,26). The second-order valence-electron chi connectivity index (χ2n) is 6.64. The molecule has 0 radical (unpaired) electrons. The zero-order valence-electron chi connectivity index (χ0n) is 14.5. The molecule has 0 bridgehead atoms. The maximum absolute atomic E-state index is 12.1. The van der Waals surface area contributed by atoms with Crippen molar-refractivity contribution in [3.63, 3.8) is 0 Å². The zero-order valence-corrected chi connectivity index (χ0v) is 16.0. The van der Waals surface area contributed by atoms with Gasteiger partial charge in [-0.05, 0) is 43.5 Å². The topological polar surface area (TPSA) is 58.1 Å². The molecule has 1 aliphatic heterocycles. The van der Waals surface area contributed by atoms with Gasteiger partial charge in [0.05, 0.1) is 16.5 Å². The molecule has 1 amide bonds. The third-order valence-electron chi connectivity index (χ3n) is 4.72. The molecule has 5 nitrogen and oxygen atoms in total. The van der Waals surface area contributed by atoms with Gasteiger partial charge in [0, 0.05) is 43.4 Å². The second kappa shape index (κ2) is 9.31. The summed E-state index contributed by atoms with van der Waals surface area (Å²) in [5.41, 5.74) is 1.87. The van der Waals surface area contributed by atoms with Gasteiger partial charge in [0.25, 0.3) is 0 Å². The van der Waals surface area contributed by atoms with Gasteiger partial charge in [-0.15, -0.1) is 0 Å². The van der Waals surface area contributed by atoms with Crippen LogP contribution >= 0.6 is 23.2 Å². The van der Waals surface area contributed by atoms with Crippen LogP contribution in [0.2, 0.25) is 10.0 Å². The highest BCUT2D eigenvalue weighted by Crippen LogP contribution is 2.26. The lowest BCUT2D eigenvalue weighted by atomic mass is 9.96. The van der Waals surface area contributed by atoms with Crippen molar-refractivity contribution in [2.75, 3.05) is 19.6 Å². The Morgan fingerprint density at radius 2 is 1.88 bits per heavy atom. The number of carbonyl (C=O) groups is 1. The van der Waals surface area contributed by atoms with E-state index in [2.05, 4.69) is 20.2 Å². The van der Waals surface area contributed by atoms with E-state index in [9.17, 15) is 4.79 Å². The number of aromatic nitrogens is 2. The number of amides is 1. The van der Waals surface area contributed by atoms with E-state index in [-0.39, 0.29) is 5.91 Å². The predicted octanol–water partition coefficient (Wildman–Crippen LogP) is 3.35. The summed E-state index contributed by atoms with van der Waals surface area (Å²) < 4.78 is 0. The van der Waals surface area contributed by atoms with E-state index in [1.165, 1.54) is 0 Å². The predicted molar refractivity (Wildman–Crippen MR) is 103 cm³/mol. The Morgan fingerprint density at radius 3 is 2.54 bits per heavy atom. The maximum Gasteiger partial charge on any atom is 0.224 e. The highest BCUT2D eigenvalue weighted by Gasteiger charge is 2.21. The highest BCUT2D eigenvalue weighted by molar-refractivity contribution is 6.35. The molecular formula is C19H22Cl2N4O. The fourth-order valence-electron chi connectivity index (χ4n) is 3.17. The molecule has 26 heavy (non-hydrogen) atoms.